The molecular weight excluding hydrogens is 284 g/mol. The van der Waals surface area contributed by atoms with E-state index in [1.165, 1.54) is 0 Å². The van der Waals surface area contributed by atoms with Crippen LogP contribution in [0.15, 0.2) is 18.2 Å². The summed E-state index contributed by atoms with van der Waals surface area (Å²) >= 11 is 0. The SMILES string of the molecule is CCC1CCCCC1C(O)c1cc(F)ccc1C(F)(F)F. The Labute approximate surface area is 122 Å². The lowest BCUT2D eigenvalue weighted by Gasteiger charge is -2.35. The first-order valence-corrected chi connectivity index (χ1v) is 7.39. The Morgan fingerprint density at radius 1 is 1.24 bits per heavy atom. The summed E-state index contributed by atoms with van der Waals surface area (Å²) in [6.07, 6.45) is -1.49. The molecule has 1 saturated carbocycles. The van der Waals surface area contributed by atoms with Gasteiger partial charge in [0.05, 0.1) is 11.7 Å². The first kappa shape index (κ1) is 16.3. The highest BCUT2D eigenvalue weighted by molar-refractivity contribution is 5.32. The van der Waals surface area contributed by atoms with E-state index in [0.29, 0.717) is 6.42 Å². The van der Waals surface area contributed by atoms with Crippen LogP contribution >= 0.6 is 0 Å². The average molecular weight is 304 g/mol. The van der Waals surface area contributed by atoms with Gasteiger partial charge in [-0.25, -0.2) is 4.39 Å². The molecule has 5 heteroatoms. The minimum Gasteiger partial charge on any atom is -0.388 e. The predicted octanol–water partition coefficient (Wildman–Crippen LogP) is 5.09. The number of aliphatic hydroxyl groups excluding tert-OH is 1. The fraction of sp³-hybridized carbons (Fsp3) is 0.625. The van der Waals surface area contributed by atoms with Gasteiger partial charge < -0.3 is 5.11 Å². The minimum absolute atomic E-state index is 0.193. The number of halogens is 4. The van der Waals surface area contributed by atoms with E-state index in [4.69, 9.17) is 0 Å². The fourth-order valence-corrected chi connectivity index (χ4v) is 3.43. The number of rotatable bonds is 3. The van der Waals surface area contributed by atoms with Gasteiger partial charge in [-0.15, -0.1) is 0 Å². The Bertz CT molecular complexity index is 484. The Kier molecular flexibility index (Phi) is 4.91. The molecule has 1 aliphatic carbocycles. The lowest BCUT2D eigenvalue weighted by atomic mass is 9.73. The first-order valence-electron chi connectivity index (χ1n) is 7.39. The van der Waals surface area contributed by atoms with Crippen molar-refractivity contribution in [3.8, 4) is 0 Å². The molecule has 0 aromatic heterocycles. The summed E-state index contributed by atoms with van der Waals surface area (Å²) in [7, 11) is 0. The van der Waals surface area contributed by atoms with Crippen molar-refractivity contribution in [2.75, 3.05) is 0 Å². The van der Waals surface area contributed by atoms with E-state index < -0.39 is 23.7 Å². The van der Waals surface area contributed by atoms with E-state index in [0.717, 1.165) is 43.9 Å². The van der Waals surface area contributed by atoms with Gasteiger partial charge in [-0.2, -0.15) is 13.2 Å². The molecule has 1 fully saturated rings. The summed E-state index contributed by atoms with van der Waals surface area (Å²) in [6.45, 7) is 1.98. The number of benzene rings is 1. The Hall–Kier alpha value is -1.10. The van der Waals surface area contributed by atoms with Crippen LogP contribution in [0.4, 0.5) is 17.6 Å². The minimum atomic E-state index is -4.58. The maximum Gasteiger partial charge on any atom is 0.416 e. The van der Waals surface area contributed by atoms with Crippen LogP contribution in [0.25, 0.3) is 0 Å². The molecule has 1 N–H and O–H groups in total. The van der Waals surface area contributed by atoms with E-state index in [9.17, 15) is 22.7 Å². The second kappa shape index (κ2) is 6.34. The molecule has 1 aromatic carbocycles. The van der Waals surface area contributed by atoms with Crippen LogP contribution in [0.1, 0.15) is 56.3 Å². The zero-order valence-electron chi connectivity index (χ0n) is 12.0. The van der Waals surface area contributed by atoms with Crippen LogP contribution in [0.3, 0.4) is 0 Å². The molecule has 0 saturated heterocycles. The van der Waals surface area contributed by atoms with Gasteiger partial charge in [-0.05, 0) is 42.0 Å². The molecule has 0 aliphatic heterocycles. The summed E-state index contributed by atoms with van der Waals surface area (Å²) in [5.41, 5.74) is -1.26. The number of alkyl halides is 3. The molecule has 0 spiro atoms. The van der Waals surface area contributed by atoms with Gasteiger partial charge in [0.2, 0.25) is 0 Å². The quantitative estimate of drug-likeness (QED) is 0.771. The Morgan fingerprint density at radius 2 is 1.90 bits per heavy atom. The zero-order chi connectivity index (χ0) is 15.6. The lowest BCUT2D eigenvalue weighted by Crippen LogP contribution is -2.27. The molecule has 1 aromatic rings. The smallest absolute Gasteiger partial charge is 0.388 e. The topological polar surface area (TPSA) is 20.2 Å². The molecule has 2 rings (SSSR count). The Balaban J connectivity index is 2.37. The van der Waals surface area contributed by atoms with Gasteiger partial charge >= 0.3 is 6.18 Å². The van der Waals surface area contributed by atoms with Crippen molar-refractivity contribution < 1.29 is 22.7 Å². The zero-order valence-corrected chi connectivity index (χ0v) is 12.0. The molecule has 3 unspecified atom stereocenters. The standard InChI is InChI=1S/C16H20F4O/c1-2-10-5-3-4-6-12(10)15(21)13-9-11(17)7-8-14(13)16(18,19)20/h7-10,12,15,21H,2-6H2,1H3. The monoisotopic (exact) mass is 304 g/mol. The summed E-state index contributed by atoms with van der Waals surface area (Å²) in [5.74, 6) is -0.786. The van der Waals surface area contributed by atoms with E-state index in [1.807, 2.05) is 6.92 Å². The van der Waals surface area contributed by atoms with Crippen molar-refractivity contribution in [1.29, 1.82) is 0 Å². The van der Waals surface area contributed by atoms with Gasteiger partial charge in [0.25, 0.3) is 0 Å². The van der Waals surface area contributed by atoms with Gasteiger partial charge in [-0.3, -0.25) is 0 Å². The molecule has 0 amide bonds. The molecule has 0 heterocycles. The van der Waals surface area contributed by atoms with E-state index >= 15 is 0 Å². The average Bonchev–Trinajstić information content (AvgIpc) is 2.45. The summed E-state index contributed by atoms with van der Waals surface area (Å²) in [5, 5.41) is 10.4. The van der Waals surface area contributed by atoms with Crippen molar-refractivity contribution in [3.05, 3.63) is 35.1 Å². The third-order valence-corrected chi connectivity index (χ3v) is 4.54. The molecule has 3 atom stereocenters. The number of aliphatic hydroxyl groups is 1. The van der Waals surface area contributed by atoms with E-state index in [1.54, 1.807) is 0 Å². The maximum atomic E-state index is 13.4. The van der Waals surface area contributed by atoms with Gasteiger partial charge in [0, 0.05) is 0 Å². The first-order chi connectivity index (χ1) is 9.84. The predicted molar refractivity (Wildman–Crippen MR) is 72.1 cm³/mol. The highest BCUT2D eigenvalue weighted by atomic mass is 19.4. The highest BCUT2D eigenvalue weighted by Gasteiger charge is 2.38. The molecule has 0 radical (unpaired) electrons. The third kappa shape index (κ3) is 3.57. The van der Waals surface area contributed by atoms with Crippen LogP contribution in [-0.2, 0) is 6.18 Å². The number of hydrogen-bond donors (Lipinski definition) is 1. The Morgan fingerprint density at radius 3 is 2.52 bits per heavy atom. The van der Waals surface area contributed by atoms with Crippen molar-refractivity contribution in [3.63, 3.8) is 0 Å². The largest absolute Gasteiger partial charge is 0.416 e. The molecule has 1 aliphatic rings. The van der Waals surface area contributed by atoms with Gasteiger partial charge in [-0.1, -0.05) is 32.6 Å². The maximum absolute atomic E-state index is 13.4. The van der Waals surface area contributed by atoms with Crippen molar-refractivity contribution in [2.24, 2.45) is 11.8 Å². The molecular formula is C16H20F4O. The fourth-order valence-electron chi connectivity index (χ4n) is 3.43. The highest BCUT2D eigenvalue weighted by Crippen LogP contribution is 2.43. The molecule has 0 bridgehead atoms. The normalized spacial score (nSPS) is 24.9. The van der Waals surface area contributed by atoms with Gasteiger partial charge in [0.1, 0.15) is 5.82 Å². The summed E-state index contributed by atoms with van der Waals surface area (Å²) in [6, 6.07) is 2.34. The van der Waals surface area contributed by atoms with Crippen LogP contribution in [-0.4, -0.2) is 5.11 Å². The van der Waals surface area contributed by atoms with Gasteiger partial charge in [0.15, 0.2) is 0 Å². The second-order valence-corrected chi connectivity index (χ2v) is 5.79. The van der Waals surface area contributed by atoms with Crippen molar-refractivity contribution in [2.45, 2.75) is 51.3 Å². The van der Waals surface area contributed by atoms with Crippen LogP contribution in [0, 0.1) is 17.7 Å². The van der Waals surface area contributed by atoms with Crippen LogP contribution in [0.2, 0.25) is 0 Å². The summed E-state index contributed by atoms with van der Waals surface area (Å²) in [4.78, 5) is 0. The lowest BCUT2D eigenvalue weighted by molar-refractivity contribution is -0.139. The summed E-state index contributed by atoms with van der Waals surface area (Å²) < 4.78 is 52.5. The van der Waals surface area contributed by atoms with Crippen molar-refractivity contribution in [1.82, 2.24) is 0 Å². The van der Waals surface area contributed by atoms with E-state index in [-0.39, 0.29) is 17.4 Å². The number of hydrogen-bond acceptors (Lipinski definition) is 1. The molecule has 21 heavy (non-hydrogen) atoms. The molecule has 118 valence electrons. The molecule has 1 nitrogen and oxygen atoms in total. The second-order valence-electron chi connectivity index (χ2n) is 5.79. The third-order valence-electron chi connectivity index (χ3n) is 4.54. The van der Waals surface area contributed by atoms with E-state index in [2.05, 4.69) is 0 Å². The van der Waals surface area contributed by atoms with Crippen LogP contribution in [0.5, 0.6) is 0 Å². The van der Waals surface area contributed by atoms with Crippen molar-refractivity contribution >= 4 is 0 Å². The van der Waals surface area contributed by atoms with Crippen LogP contribution < -0.4 is 0 Å².